The van der Waals surface area contributed by atoms with Gasteiger partial charge in [-0.25, -0.2) is 8.78 Å². The van der Waals surface area contributed by atoms with Crippen molar-refractivity contribution in [2.45, 2.75) is 13.3 Å². The van der Waals surface area contributed by atoms with Crippen molar-refractivity contribution in [1.82, 2.24) is 0 Å². The summed E-state index contributed by atoms with van der Waals surface area (Å²) in [5.74, 6) is -2.33. The van der Waals surface area contributed by atoms with Gasteiger partial charge in [0.05, 0.1) is 5.69 Å². The lowest BCUT2D eigenvalue weighted by molar-refractivity contribution is -0.117. The molecule has 0 atom stereocenters. The minimum atomic E-state index is -0.860. The van der Waals surface area contributed by atoms with Gasteiger partial charge in [-0.1, -0.05) is 17.7 Å². The molecule has 126 valence electrons. The molecule has 0 aliphatic rings. The van der Waals surface area contributed by atoms with E-state index in [1.807, 2.05) is 0 Å². The van der Waals surface area contributed by atoms with Gasteiger partial charge >= 0.3 is 0 Å². The number of amides is 2. The summed E-state index contributed by atoms with van der Waals surface area (Å²) >= 11 is 5.90. The van der Waals surface area contributed by atoms with Crippen LogP contribution in [0.4, 0.5) is 20.2 Å². The Morgan fingerprint density at radius 1 is 1.17 bits per heavy atom. The van der Waals surface area contributed by atoms with Crippen LogP contribution in [0, 0.1) is 11.6 Å². The molecule has 2 aromatic rings. The summed E-state index contributed by atoms with van der Waals surface area (Å²) in [6.45, 7) is 1.47. The third-order valence-electron chi connectivity index (χ3n) is 3.27. The van der Waals surface area contributed by atoms with Crippen molar-refractivity contribution in [1.29, 1.82) is 0 Å². The molecular weight excluding hydrogens is 338 g/mol. The van der Waals surface area contributed by atoms with Crippen LogP contribution in [0.2, 0.25) is 5.02 Å². The lowest BCUT2D eigenvalue weighted by Gasteiger charge is -2.21. The van der Waals surface area contributed by atoms with Crippen LogP contribution in [-0.4, -0.2) is 18.4 Å². The first kappa shape index (κ1) is 17.9. The Morgan fingerprint density at radius 3 is 2.54 bits per heavy atom. The van der Waals surface area contributed by atoms with Crippen LogP contribution in [0.25, 0.3) is 0 Å². The Kier molecular flexibility index (Phi) is 5.87. The van der Waals surface area contributed by atoms with E-state index in [0.717, 1.165) is 12.1 Å². The number of carbonyl (C=O) groups excluding carboxylic acids is 2. The molecule has 0 saturated carbocycles. The van der Waals surface area contributed by atoms with E-state index in [4.69, 9.17) is 11.6 Å². The van der Waals surface area contributed by atoms with Crippen LogP contribution in [0.1, 0.15) is 13.3 Å². The molecule has 2 aromatic carbocycles. The number of anilines is 2. The lowest BCUT2D eigenvalue weighted by Crippen LogP contribution is -2.32. The fourth-order valence-electron chi connectivity index (χ4n) is 2.13. The first-order chi connectivity index (χ1) is 11.4. The normalized spacial score (nSPS) is 10.3. The highest BCUT2D eigenvalue weighted by Gasteiger charge is 2.15. The lowest BCUT2D eigenvalue weighted by atomic mass is 10.2. The Balaban J connectivity index is 2.01. The van der Waals surface area contributed by atoms with Gasteiger partial charge in [0.2, 0.25) is 11.8 Å². The van der Waals surface area contributed by atoms with Crippen LogP contribution in [0.3, 0.4) is 0 Å². The summed E-state index contributed by atoms with van der Waals surface area (Å²) in [5.41, 5.74) is 0.453. The third-order valence-corrected chi connectivity index (χ3v) is 3.50. The first-order valence-corrected chi connectivity index (χ1v) is 7.53. The summed E-state index contributed by atoms with van der Waals surface area (Å²) in [4.78, 5) is 25.1. The van der Waals surface area contributed by atoms with E-state index in [-0.39, 0.29) is 24.6 Å². The molecule has 2 rings (SSSR count). The van der Waals surface area contributed by atoms with Gasteiger partial charge in [0.25, 0.3) is 0 Å². The Bertz CT molecular complexity index is 768. The van der Waals surface area contributed by atoms with Crippen LogP contribution < -0.4 is 10.2 Å². The fourth-order valence-corrected chi connectivity index (χ4v) is 2.31. The van der Waals surface area contributed by atoms with E-state index in [1.165, 1.54) is 11.8 Å². The number of hydrogen-bond acceptors (Lipinski definition) is 2. The molecular formula is C17H15ClF2N2O2. The molecule has 0 aromatic heterocycles. The van der Waals surface area contributed by atoms with Gasteiger partial charge in [-0.3, -0.25) is 9.59 Å². The molecule has 0 aliphatic heterocycles. The standard InChI is InChI=1S/C17H15ClF2N2O2/c1-11(23)22(14-4-2-3-12(18)9-14)8-7-17(24)21-16-6-5-13(19)10-15(16)20/h2-6,9-10H,7-8H2,1H3,(H,21,24). The molecule has 7 heteroatoms. The molecule has 0 fully saturated rings. The van der Waals surface area contributed by atoms with Gasteiger partial charge < -0.3 is 10.2 Å². The maximum absolute atomic E-state index is 13.5. The first-order valence-electron chi connectivity index (χ1n) is 7.15. The molecule has 0 saturated heterocycles. The number of halogens is 3. The van der Waals surface area contributed by atoms with Gasteiger partial charge in [0, 0.05) is 36.7 Å². The van der Waals surface area contributed by atoms with Gasteiger partial charge in [-0.2, -0.15) is 0 Å². The average molecular weight is 353 g/mol. The van der Waals surface area contributed by atoms with Gasteiger partial charge in [0.1, 0.15) is 11.6 Å². The zero-order valence-electron chi connectivity index (χ0n) is 12.9. The predicted octanol–water partition coefficient (Wildman–Crippen LogP) is 4.00. The molecule has 4 nitrogen and oxygen atoms in total. The van der Waals surface area contributed by atoms with Crippen LogP contribution >= 0.6 is 11.6 Å². The number of hydrogen-bond donors (Lipinski definition) is 1. The molecule has 0 aliphatic carbocycles. The summed E-state index contributed by atoms with van der Waals surface area (Å²) < 4.78 is 26.4. The van der Waals surface area contributed by atoms with Crippen molar-refractivity contribution in [3.05, 3.63) is 59.1 Å². The maximum Gasteiger partial charge on any atom is 0.226 e. The highest BCUT2D eigenvalue weighted by Crippen LogP contribution is 2.20. The molecule has 2 amide bonds. The Hall–Kier alpha value is -2.47. The molecule has 0 spiro atoms. The minimum Gasteiger partial charge on any atom is -0.324 e. The molecule has 0 bridgehead atoms. The smallest absolute Gasteiger partial charge is 0.226 e. The number of carbonyl (C=O) groups is 2. The number of rotatable bonds is 5. The van der Waals surface area contributed by atoms with Crippen molar-refractivity contribution in [2.24, 2.45) is 0 Å². The number of nitrogens with one attached hydrogen (secondary N) is 1. The van der Waals surface area contributed by atoms with E-state index in [9.17, 15) is 18.4 Å². The van der Waals surface area contributed by atoms with E-state index in [0.29, 0.717) is 16.8 Å². The molecule has 0 radical (unpaired) electrons. The topological polar surface area (TPSA) is 49.4 Å². The Morgan fingerprint density at radius 2 is 1.92 bits per heavy atom. The van der Waals surface area contributed by atoms with Crippen molar-refractivity contribution < 1.29 is 18.4 Å². The van der Waals surface area contributed by atoms with Gasteiger partial charge in [-0.05, 0) is 30.3 Å². The summed E-state index contributed by atoms with van der Waals surface area (Å²) in [6.07, 6.45) is -0.0527. The molecule has 24 heavy (non-hydrogen) atoms. The van der Waals surface area contributed by atoms with Gasteiger partial charge in [0.15, 0.2) is 0 Å². The summed E-state index contributed by atoms with van der Waals surface area (Å²) in [5, 5.41) is 2.82. The largest absolute Gasteiger partial charge is 0.324 e. The van der Waals surface area contributed by atoms with Crippen LogP contribution in [0.15, 0.2) is 42.5 Å². The van der Waals surface area contributed by atoms with Crippen molar-refractivity contribution in [2.75, 3.05) is 16.8 Å². The third kappa shape index (κ3) is 4.76. The summed E-state index contributed by atoms with van der Waals surface area (Å²) in [7, 11) is 0. The highest BCUT2D eigenvalue weighted by atomic mass is 35.5. The average Bonchev–Trinajstić information content (AvgIpc) is 2.50. The molecule has 1 N–H and O–H groups in total. The quantitative estimate of drug-likeness (QED) is 0.884. The van der Waals surface area contributed by atoms with E-state index < -0.39 is 17.5 Å². The van der Waals surface area contributed by atoms with Gasteiger partial charge in [-0.15, -0.1) is 0 Å². The minimum absolute atomic E-state index is 0.0527. The van der Waals surface area contributed by atoms with Crippen LogP contribution in [-0.2, 0) is 9.59 Å². The zero-order chi connectivity index (χ0) is 17.7. The second-order valence-electron chi connectivity index (χ2n) is 5.07. The second kappa shape index (κ2) is 7.88. The zero-order valence-corrected chi connectivity index (χ0v) is 13.6. The van der Waals surface area contributed by atoms with Crippen molar-refractivity contribution in [3.63, 3.8) is 0 Å². The fraction of sp³-hybridized carbons (Fsp3) is 0.176. The number of benzene rings is 2. The number of nitrogens with zero attached hydrogens (tertiary/aromatic N) is 1. The van der Waals surface area contributed by atoms with E-state index >= 15 is 0 Å². The highest BCUT2D eigenvalue weighted by molar-refractivity contribution is 6.30. The molecule has 0 heterocycles. The van der Waals surface area contributed by atoms with E-state index in [1.54, 1.807) is 24.3 Å². The maximum atomic E-state index is 13.5. The Labute approximate surface area is 143 Å². The van der Waals surface area contributed by atoms with Crippen molar-refractivity contribution >= 4 is 34.8 Å². The molecule has 0 unspecified atom stereocenters. The monoisotopic (exact) mass is 352 g/mol. The van der Waals surface area contributed by atoms with Crippen LogP contribution in [0.5, 0.6) is 0 Å². The second-order valence-corrected chi connectivity index (χ2v) is 5.51. The van der Waals surface area contributed by atoms with E-state index in [2.05, 4.69) is 5.32 Å². The van der Waals surface area contributed by atoms with Crippen molar-refractivity contribution in [3.8, 4) is 0 Å². The summed E-state index contributed by atoms with van der Waals surface area (Å²) in [6, 6.07) is 9.55. The SMILES string of the molecule is CC(=O)N(CCC(=O)Nc1ccc(F)cc1F)c1cccc(Cl)c1. The predicted molar refractivity (Wildman–Crippen MR) is 89.1 cm³/mol.